The van der Waals surface area contributed by atoms with Gasteiger partial charge in [0, 0.05) is 44.8 Å². The van der Waals surface area contributed by atoms with Crippen molar-refractivity contribution in [2.45, 2.75) is 51.9 Å². The molecule has 6 nitrogen and oxygen atoms in total. The molecule has 9 heteroatoms. The molecule has 164 valence electrons. The zero-order chi connectivity index (χ0) is 20.6. The lowest BCUT2D eigenvalue weighted by atomic mass is 10.0. The van der Waals surface area contributed by atoms with E-state index in [0.29, 0.717) is 44.0 Å². The molecule has 28 heavy (non-hydrogen) atoms. The van der Waals surface area contributed by atoms with E-state index in [0.717, 1.165) is 39.3 Å². The Balaban J connectivity index is 1.92. The fraction of sp³-hybridized carbons (Fsp3) is 0.947. The minimum atomic E-state index is -4.14. The van der Waals surface area contributed by atoms with Crippen LogP contribution in [0, 0.1) is 5.92 Å². The van der Waals surface area contributed by atoms with Gasteiger partial charge in [-0.2, -0.15) is 13.2 Å². The molecule has 2 fully saturated rings. The van der Waals surface area contributed by atoms with Crippen LogP contribution < -0.4 is 10.6 Å². The van der Waals surface area contributed by atoms with Crippen molar-refractivity contribution in [3.63, 3.8) is 0 Å². The molecular weight excluding hydrogens is 371 g/mol. The summed E-state index contributed by atoms with van der Waals surface area (Å²) in [5, 5.41) is 6.57. The SMILES string of the molecule is CCNC(=NCC(CC(C)C)N1CCOCC1)NC1CCN(CC(F)(F)F)C1. The fourth-order valence-electron chi connectivity index (χ4n) is 3.88. The molecule has 2 atom stereocenters. The van der Waals surface area contributed by atoms with Crippen molar-refractivity contribution in [2.24, 2.45) is 10.9 Å². The highest BCUT2D eigenvalue weighted by Gasteiger charge is 2.34. The minimum Gasteiger partial charge on any atom is -0.379 e. The molecule has 0 bridgehead atoms. The molecule has 0 amide bonds. The fourth-order valence-corrected chi connectivity index (χ4v) is 3.88. The number of ether oxygens (including phenoxy) is 1. The molecule has 0 aromatic carbocycles. The van der Waals surface area contributed by atoms with E-state index >= 15 is 0 Å². The van der Waals surface area contributed by atoms with Gasteiger partial charge in [-0.25, -0.2) is 0 Å². The smallest absolute Gasteiger partial charge is 0.379 e. The van der Waals surface area contributed by atoms with Crippen LogP contribution in [0.1, 0.15) is 33.6 Å². The molecule has 2 unspecified atom stereocenters. The summed E-state index contributed by atoms with van der Waals surface area (Å²) < 4.78 is 43.3. The summed E-state index contributed by atoms with van der Waals surface area (Å²) in [5.41, 5.74) is 0. The lowest BCUT2D eigenvalue weighted by molar-refractivity contribution is -0.143. The van der Waals surface area contributed by atoms with E-state index in [1.165, 1.54) is 4.90 Å². The molecule has 0 radical (unpaired) electrons. The number of halogens is 3. The van der Waals surface area contributed by atoms with Gasteiger partial charge in [0.25, 0.3) is 0 Å². The zero-order valence-corrected chi connectivity index (χ0v) is 17.4. The van der Waals surface area contributed by atoms with Gasteiger partial charge in [0.2, 0.25) is 0 Å². The molecule has 2 N–H and O–H groups in total. The zero-order valence-electron chi connectivity index (χ0n) is 17.4. The summed E-state index contributed by atoms with van der Waals surface area (Å²) in [6.07, 6.45) is -2.39. The van der Waals surface area contributed by atoms with E-state index in [9.17, 15) is 13.2 Å². The van der Waals surface area contributed by atoms with E-state index in [1.54, 1.807) is 0 Å². The highest BCUT2D eigenvalue weighted by molar-refractivity contribution is 5.80. The second-order valence-corrected chi connectivity index (χ2v) is 8.13. The monoisotopic (exact) mass is 407 g/mol. The van der Waals surface area contributed by atoms with Crippen LogP contribution in [0.25, 0.3) is 0 Å². The Labute approximate surface area is 166 Å². The second-order valence-electron chi connectivity index (χ2n) is 8.13. The number of morpholine rings is 1. The van der Waals surface area contributed by atoms with Crippen LogP contribution in [0.3, 0.4) is 0 Å². The van der Waals surface area contributed by atoms with Crippen molar-refractivity contribution in [2.75, 3.05) is 59.0 Å². The predicted molar refractivity (Wildman–Crippen MR) is 106 cm³/mol. The second kappa shape index (κ2) is 11.2. The molecule has 0 saturated carbocycles. The Hall–Kier alpha value is -1.06. The average Bonchev–Trinajstić information content (AvgIpc) is 3.04. The first kappa shape index (κ1) is 23.2. The molecule has 0 aliphatic carbocycles. The van der Waals surface area contributed by atoms with Crippen molar-refractivity contribution in [3.05, 3.63) is 0 Å². The number of aliphatic imine (C=N–C) groups is 1. The molecular formula is C19H36F3N5O. The predicted octanol–water partition coefficient (Wildman–Crippen LogP) is 1.93. The molecule has 2 heterocycles. The first-order valence-electron chi connectivity index (χ1n) is 10.4. The van der Waals surface area contributed by atoms with Gasteiger partial charge in [0.05, 0.1) is 26.3 Å². The summed E-state index contributed by atoms with van der Waals surface area (Å²) in [4.78, 5) is 8.67. The number of hydrogen-bond donors (Lipinski definition) is 2. The van der Waals surface area contributed by atoms with Gasteiger partial charge < -0.3 is 15.4 Å². The Morgan fingerprint density at radius 3 is 2.54 bits per heavy atom. The normalized spacial score (nSPS) is 24.0. The van der Waals surface area contributed by atoms with Crippen molar-refractivity contribution in [1.29, 1.82) is 0 Å². The van der Waals surface area contributed by atoms with Crippen molar-refractivity contribution < 1.29 is 17.9 Å². The van der Waals surface area contributed by atoms with Gasteiger partial charge in [-0.05, 0) is 25.7 Å². The molecule has 0 aromatic rings. The number of nitrogens with one attached hydrogen (secondary N) is 2. The van der Waals surface area contributed by atoms with Gasteiger partial charge in [-0.1, -0.05) is 13.8 Å². The highest BCUT2D eigenvalue weighted by atomic mass is 19.4. The van der Waals surface area contributed by atoms with Crippen LogP contribution >= 0.6 is 0 Å². The van der Waals surface area contributed by atoms with E-state index in [2.05, 4.69) is 29.4 Å². The third-order valence-corrected chi connectivity index (χ3v) is 5.13. The van der Waals surface area contributed by atoms with E-state index in [1.807, 2.05) is 6.92 Å². The third-order valence-electron chi connectivity index (χ3n) is 5.13. The molecule has 0 spiro atoms. The number of likely N-dealkylation sites (tertiary alicyclic amines) is 1. The Morgan fingerprint density at radius 2 is 1.93 bits per heavy atom. The Bertz CT molecular complexity index is 481. The summed E-state index contributed by atoms with van der Waals surface area (Å²) in [7, 11) is 0. The Morgan fingerprint density at radius 1 is 1.21 bits per heavy atom. The first-order valence-corrected chi connectivity index (χ1v) is 10.4. The van der Waals surface area contributed by atoms with Gasteiger partial charge >= 0.3 is 6.18 Å². The van der Waals surface area contributed by atoms with Gasteiger partial charge in [-0.3, -0.25) is 14.8 Å². The summed E-state index contributed by atoms with van der Waals surface area (Å²) in [5.74, 6) is 1.27. The van der Waals surface area contributed by atoms with Gasteiger partial charge in [0.1, 0.15) is 0 Å². The standard InChI is InChI=1S/C19H36F3N5O/c1-4-23-18(25-16-5-6-26(13-16)14-19(20,21)22)24-12-17(11-15(2)3)27-7-9-28-10-8-27/h15-17H,4-14H2,1-3H3,(H2,23,24,25). The number of nitrogens with zero attached hydrogens (tertiary/aromatic N) is 3. The minimum absolute atomic E-state index is 0.00733. The number of alkyl halides is 3. The average molecular weight is 408 g/mol. The highest BCUT2D eigenvalue weighted by Crippen LogP contribution is 2.20. The number of hydrogen-bond acceptors (Lipinski definition) is 4. The van der Waals surface area contributed by atoms with Crippen LogP contribution in [-0.2, 0) is 4.74 Å². The Kier molecular flexibility index (Phi) is 9.30. The van der Waals surface area contributed by atoms with E-state index < -0.39 is 12.7 Å². The maximum Gasteiger partial charge on any atom is 0.401 e. The summed E-state index contributed by atoms with van der Waals surface area (Å²) >= 11 is 0. The summed E-state index contributed by atoms with van der Waals surface area (Å²) in [6.45, 7) is 11.2. The van der Waals surface area contributed by atoms with Crippen LogP contribution in [0.4, 0.5) is 13.2 Å². The van der Waals surface area contributed by atoms with Crippen LogP contribution in [0.15, 0.2) is 4.99 Å². The van der Waals surface area contributed by atoms with Crippen LogP contribution in [0.2, 0.25) is 0 Å². The maximum atomic E-state index is 12.6. The quantitative estimate of drug-likeness (QED) is 0.476. The van der Waals surface area contributed by atoms with Crippen molar-refractivity contribution in [1.82, 2.24) is 20.4 Å². The molecule has 0 aromatic heterocycles. The number of rotatable bonds is 8. The first-order chi connectivity index (χ1) is 13.3. The lowest BCUT2D eigenvalue weighted by Crippen LogP contribution is -2.48. The van der Waals surface area contributed by atoms with Crippen LogP contribution in [-0.4, -0.2) is 93.0 Å². The van der Waals surface area contributed by atoms with E-state index in [-0.39, 0.29) is 6.04 Å². The third kappa shape index (κ3) is 8.53. The van der Waals surface area contributed by atoms with Gasteiger partial charge in [0.15, 0.2) is 5.96 Å². The topological polar surface area (TPSA) is 52.1 Å². The van der Waals surface area contributed by atoms with Gasteiger partial charge in [-0.15, -0.1) is 0 Å². The largest absolute Gasteiger partial charge is 0.401 e. The summed E-state index contributed by atoms with van der Waals surface area (Å²) in [6, 6.07) is 0.344. The molecule has 2 aliphatic rings. The van der Waals surface area contributed by atoms with E-state index in [4.69, 9.17) is 9.73 Å². The van der Waals surface area contributed by atoms with Crippen molar-refractivity contribution >= 4 is 5.96 Å². The molecule has 2 saturated heterocycles. The number of guanidine groups is 1. The lowest BCUT2D eigenvalue weighted by Gasteiger charge is -2.34. The molecule has 2 aliphatic heterocycles. The van der Waals surface area contributed by atoms with Crippen molar-refractivity contribution in [3.8, 4) is 0 Å². The molecule has 2 rings (SSSR count). The van der Waals surface area contributed by atoms with Crippen LogP contribution in [0.5, 0.6) is 0 Å². The maximum absolute atomic E-state index is 12.6.